The number of methoxy groups -OCH3 is 1. The lowest BCUT2D eigenvalue weighted by Gasteiger charge is -2.47. The zero-order valence-corrected chi connectivity index (χ0v) is 11.4. The van der Waals surface area contributed by atoms with Crippen LogP contribution in [0.1, 0.15) is 46.5 Å². The Morgan fingerprint density at radius 2 is 2.18 bits per heavy atom. The van der Waals surface area contributed by atoms with Gasteiger partial charge in [-0.25, -0.2) is 0 Å². The summed E-state index contributed by atoms with van der Waals surface area (Å²) in [6.45, 7) is 6.84. The maximum Gasteiger partial charge on any atom is 0.306 e. The Bertz CT molecular complexity index is 278. The maximum absolute atomic E-state index is 11.6. The minimum Gasteiger partial charge on any atom is -0.469 e. The predicted octanol–water partition coefficient (Wildman–Crippen LogP) is 1.86. The third-order valence-corrected chi connectivity index (χ3v) is 3.82. The molecule has 0 spiro atoms. The quantitative estimate of drug-likeness (QED) is 0.766. The molecule has 4 nitrogen and oxygen atoms in total. The van der Waals surface area contributed by atoms with Gasteiger partial charge in [0.2, 0.25) is 0 Å². The van der Waals surface area contributed by atoms with E-state index in [1.54, 1.807) is 0 Å². The van der Waals surface area contributed by atoms with Gasteiger partial charge in [-0.1, -0.05) is 6.92 Å². The number of carbonyl (C=O) groups excluding carboxylic acids is 1. The third kappa shape index (κ3) is 3.42. The van der Waals surface area contributed by atoms with Crippen molar-refractivity contribution in [2.75, 3.05) is 13.7 Å². The van der Waals surface area contributed by atoms with Gasteiger partial charge in [0.25, 0.3) is 0 Å². The van der Waals surface area contributed by atoms with Crippen molar-refractivity contribution in [3.8, 4) is 0 Å². The number of nitrogens with two attached hydrogens (primary N) is 1. The average Bonchev–Trinajstić information content (AvgIpc) is 2.26. The van der Waals surface area contributed by atoms with Crippen molar-refractivity contribution in [2.45, 2.75) is 58.1 Å². The van der Waals surface area contributed by atoms with Crippen LogP contribution in [-0.2, 0) is 14.3 Å². The molecule has 1 fully saturated rings. The van der Waals surface area contributed by atoms with Crippen LogP contribution in [0, 0.1) is 5.41 Å². The topological polar surface area (TPSA) is 61.6 Å². The molecule has 0 aliphatic carbocycles. The van der Waals surface area contributed by atoms with Crippen molar-refractivity contribution in [2.24, 2.45) is 11.1 Å². The molecule has 1 heterocycles. The molecule has 1 saturated heterocycles. The lowest BCUT2D eigenvalue weighted by molar-refractivity contribution is -0.152. The fourth-order valence-corrected chi connectivity index (χ4v) is 2.91. The summed E-state index contributed by atoms with van der Waals surface area (Å²) >= 11 is 0. The Hall–Kier alpha value is -0.610. The molecule has 1 aliphatic heterocycles. The van der Waals surface area contributed by atoms with E-state index in [9.17, 15) is 4.79 Å². The van der Waals surface area contributed by atoms with Crippen molar-refractivity contribution in [1.82, 2.24) is 0 Å². The van der Waals surface area contributed by atoms with Crippen LogP contribution in [0.5, 0.6) is 0 Å². The van der Waals surface area contributed by atoms with E-state index in [-0.39, 0.29) is 23.0 Å². The van der Waals surface area contributed by atoms with Crippen LogP contribution in [0.25, 0.3) is 0 Å². The highest BCUT2D eigenvalue weighted by molar-refractivity contribution is 5.70. The summed E-state index contributed by atoms with van der Waals surface area (Å²) in [5.41, 5.74) is 5.86. The number of hydrogen-bond donors (Lipinski definition) is 1. The van der Waals surface area contributed by atoms with Crippen LogP contribution in [0.15, 0.2) is 0 Å². The van der Waals surface area contributed by atoms with Gasteiger partial charge in [-0.05, 0) is 33.1 Å². The predicted molar refractivity (Wildman–Crippen MR) is 66.6 cm³/mol. The van der Waals surface area contributed by atoms with Gasteiger partial charge < -0.3 is 15.2 Å². The summed E-state index contributed by atoms with van der Waals surface area (Å²) in [5.74, 6) is -0.174. The van der Waals surface area contributed by atoms with Crippen molar-refractivity contribution >= 4 is 5.97 Å². The smallest absolute Gasteiger partial charge is 0.306 e. The minimum absolute atomic E-state index is 0.0183. The number of rotatable bonds is 4. The molecule has 4 heteroatoms. The molecule has 0 bridgehead atoms. The van der Waals surface area contributed by atoms with Crippen molar-refractivity contribution in [3.63, 3.8) is 0 Å². The Kier molecular flexibility index (Phi) is 4.55. The average molecular weight is 243 g/mol. The molecule has 2 atom stereocenters. The highest BCUT2D eigenvalue weighted by Crippen LogP contribution is 2.44. The van der Waals surface area contributed by atoms with Gasteiger partial charge in [0.15, 0.2) is 0 Å². The van der Waals surface area contributed by atoms with Gasteiger partial charge in [0, 0.05) is 18.1 Å². The van der Waals surface area contributed by atoms with Crippen LogP contribution in [-0.4, -0.2) is 31.3 Å². The Labute approximate surface area is 104 Å². The van der Waals surface area contributed by atoms with E-state index in [2.05, 4.69) is 20.8 Å². The minimum atomic E-state index is -0.209. The zero-order valence-electron chi connectivity index (χ0n) is 11.4. The van der Waals surface area contributed by atoms with Crippen LogP contribution < -0.4 is 5.73 Å². The summed E-state index contributed by atoms with van der Waals surface area (Å²) in [5, 5.41) is 0. The van der Waals surface area contributed by atoms with E-state index in [0.29, 0.717) is 13.0 Å². The lowest BCUT2D eigenvalue weighted by atomic mass is 9.66. The van der Waals surface area contributed by atoms with E-state index in [1.165, 1.54) is 7.11 Å². The first-order valence-corrected chi connectivity index (χ1v) is 6.31. The first kappa shape index (κ1) is 14.5. The van der Waals surface area contributed by atoms with E-state index >= 15 is 0 Å². The van der Waals surface area contributed by atoms with E-state index in [0.717, 1.165) is 19.3 Å². The Balaban J connectivity index is 2.89. The fraction of sp³-hybridized carbons (Fsp3) is 0.923. The number of carbonyl (C=O) groups is 1. The van der Waals surface area contributed by atoms with Crippen LogP contribution >= 0.6 is 0 Å². The number of esters is 1. The number of ether oxygens (including phenoxy) is 2. The summed E-state index contributed by atoms with van der Waals surface area (Å²) in [4.78, 5) is 11.6. The van der Waals surface area contributed by atoms with Crippen molar-refractivity contribution < 1.29 is 14.3 Å². The first-order chi connectivity index (χ1) is 7.85. The molecule has 100 valence electrons. The Morgan fingerprint density at radius 1 is 1.53 bits per heavy atom. The molecule has 2 N–H and O–H groups in total. The molecular formula is C13H25NO3. The highest BCUT2D eigenvalue weighted by atomic mass is 16.5. The third-order valence-electron chi connectivity index (χ3n) is 3.82. The van der Waals surface area contributed by atoms with Crippen LogP contribution in [0.3, 0.4) is 0 Å². The van der Waals surface area contributed by atoms with E-state index < -0.39 is 0 Å². The van der Waals surface area contributed by atoms with Gasteiger partial charge in [-0.15, -0.1) is 0 Å². The SMILES string of the molecule is CCC(N)C1(CC(=O)OC)CCOC(C)(C)C1. The molecular weight excluding hydrogens is 218 g/mol. The maximum atomic E-state index is 11.6. The Morgan fingerprint density at radius 3 is 2.65 bits per heavy atom. The molecule has 0 aromatic rings. The molecule has 0 aromatic heterocycles. The summed E-state index contributed by atoms with van der Waals surface area (Å²) in [6.07, 6.45) is 2.91. The monoisotopic (exact) mass is 243 g/mol. The highest BCUT2D eigenvalue weighted by Gasteiger charge is 2.45. The largest absolute Gasteiger partial charge is 0.469 e. The molecule has 0 amide bonds. The molecule has 1 rings (SSSR count). The van der Waals surface area contributed by atoms with E-state index in [1.807, 2.05) is 0 Å². The summed E-state index contributed by atoms with van der Waals surface area (Å²) in [7, 11) is 1.43. The van der Waals surface area contributed by atoms with Crippen LogP contribution in [0.2, 0.25) is 0 Å². The molecule has 17 heavy (non-hydrogen) atoms. The van der Waals surface area contributed by atoms with Crippen molar-refractivity contribution in [3.05, 3.63) is 0 Å². The molecule has 0 aromatic carbocycles. The van der Waals surface area contributed by atoms with Gasteiger partial charge in [0.05, 0.1) is 19.1 Å². The van der Waals surface area contributed by atoms with E-state index in [4.69, 9.17) is 15.2 Å². The molecule has 0 saturated carbocycles. The summed E-state index contributed by atoms with van der Waals surface area (Å²) < 4.78 is 10.5. The second kappa shape index (κ2) is 5.36. The fourth-order valence-electron chi connectivity index (χ4n) is 2.91. The lowest BCUT2D eigenvalue weighted by Crippen LogP contribution is -2.51. The van der Waals surface area contributed by atoms with Gasteiger partial charge in [-0.2, -0.15) is 0 Å². The van der Waals surface area contributed by atoms with Crippen LogP contribution in [0.4, 0.5) is 0 Å². The normalized spacial score (nSPS) is 29.7. The standard InChI is InChI=1S/C13H25NO3/c1-5-10(14)13(8-11(15)16-4)6-7-17-12(2,3)9-13/h10H,5-9,14H2,1-4H3. The molecule has 1 aliphatic rings. The first-order valence-electron chi connectivity index (χ1n) is 6.31. The second-order valence-corrected chi connectivity index (χ2v) is 5.66. The number of hydrogen-bond acceptors (Lipinski definition) is 4. The van der Waals surface area contributed by atoms with Gasteiger partial charge >= 0.3 is 5.97 Å². The van der Waals surface area contributed by atoms with Crippen molar-refractivity contribution in [1.29, 1.82) is 0 Å². The second-order valence-electron chi connectivity index (χ2n) is 5.66. The van der Waals surface area contributed by atoms with Gasteiger partial charge in [-0.3, -0.25) is 4.79 Å². The zero-order chi connectivity index (χ0) is 13.1. The van der Waals surface area contributed by atoms with Gasteiger partial charge in [0.1, 0.15) is 0 Å². The molecule has 2 unspecified atom stereocenters. The molecule has 0 radical (unpaired) electrons. The summed E-state index contributed by atoms with van der Waals surface area (Å²) in [6, 6.07) is 0.0183.